The molecule has 3 rings (SSSR count). The van der Waals surface area contributed by atoms with Gasteiger partial charge in [-0.3, -0.25) is 4.79 Å². The molecule has 0 aromatic heterocycles. The van der Waals surface area contributed by atoms with Crippen molar-refractivity contribution in [2.24, 2.45) is 0 Å². The van der Waals surface area contributed by atoms with E-state index in [1.54, 1.807) is 0 Å². The Morgan fingerprint density at radius 3 is 2.08 bits per heavy atom. The Balaban J connectivity index is 1.96. The van der Waals surface area contributed by atoms with Gasteiger partial charge in [-0.25, -0.2) is 0 Å². The maximum atomic E-state index is 13.2. The highest BCUT2D eigenvalue weighted by Crippen LogP contribution is 2.23. The standard InChI is InChI=1S/C21H23NO2/c1-16-14-22(15-17(2)24-16)21(23)20(19-11-7-4-8-12-19)13-18-9-5-3-6-10-18/h3-13,16-17H,14-15H2,1-2H3/b20-13-/t16-,17-/m1/s1. The molecule has 3 heteroatoms. The van der Waals surface area contributed by atoms with Crippen LogP contribution in [0.1, 0.15) is 25.0 Å². The lowest BCUT2D eigenvalue weighted by Gasteiger charge is -2.35. The lowest BCUT2D eigenvalue weighted by atomic mass is 10.0. The fourth-order valence-electron chi connectivity index (χ4n) is 3.12. The van der Waals surface area contributed by atoms with Crippen molar-refractivity contribution in [1.29, 1.82) is 0 Å². The van der Waals surface area contributed by atoms with E-state index in [4.69, 9.17) is 4.74 Å². The Labute approximate surface area is 143 Å². The minimum absolute atomic E-state index is 0.0615. The van der Waals surface area contributed by atoms with Gasteiger partial charge in [0.05, 0.1) is 12.2 Å². The maximum absolute atomic E-state index is 13.2. The van der Waals surface area contributed by atoms with Crippen LogP contribution in [0.3, 0.4) is 0 Å². The highest BCUT2D eigenvalue weighted by molar-refractivity contribution is 6.24. The van der Waals surface area contributed by atoms with E-state index in [2.05, 4.69) is 0 Å². The molecular formula is C21H23NO2. The second-order valence-electron chi connectivity index (χ2n) is 6.30. The number of hydrogen-bond donors (Lipinski definition) is 0. The molecule has 24 heavy (non-hydrogen) atoms. The van der Waals surface area contributed by atoms with Gasteiger partial charge in [0.25, 0.3) is 5.91 Å². The van der Waals surface area contributed by atoms with E-state index >= 15 is 0 Å². The first-order valence-electron chi connectivity index (χ1n) is 8.40. The van der Waals surface area contributed by atoms with Gasteiger partial charge < -0.3 is 9.64 Å². The molecule has 124 valence electrons. The molecule has 0 spiro atoms. The summed E-state index contributed by atoms with van der Waals surface area (Å²) in [6.07, 6.45) is 2.10. The lowest BCUT2D eigenvalue weighted by Crippen LogP contribution is -2.48. The molecule has 0 radical (unpaired) electrons. The third-order valence-electron chi connectivity index (χ3n) is 4.13. The number of carbonyl (C=O) groups excluding carboxylic acids is 1. The summed E-state index contributed by atoms with van der Waals surface area (Å²) in [5, 5.41) is 0. The first kappa shape index (κ1) is 16.5. The van der Waals surface area contributed by atoms with Gasteiger partial charge in [0, 0.05) is 18.7 Å². The third-order valence-corrected chi connectivity index (χ3v) is 4.13. The molecule has 1 heterocycles. The summed E-state index contributed by atoms with van der Waals surface area (Å²) in [6.45, 7) is 5.28. The zero-order valence-corrected chi connectivity index (χ0v) is 14.2. The van der Waals surface area contributed by atoms with E-state index in [0.29, 0.717) is 13.1 Å². The summed E-state index contributed by atoms with van der Waals surface area (Å²) in [5.74, 6) is 0.0621. The molecule has 2 atom stereocenters. The number of carbonyl (C=O) groups is 1. The van der Waals surface area contributed by atoms with Gasteiger partial charge >= 0.3 is 0 Å². The van der Waals surface area contributed by atoms with Gasteiger partial charge in [0.15, 0.2) is 0 Å². The molecule has 3 nitrogen and oxygen atoms in total. The predicted molar refractivity (Wildman–Crippen MR) is 97.3 cm³/mol. The Morgan fingerprint density at radius 2 is 1.50 bits per heavy atom. The SMILES string of the molecule is C[C@@H]1CN(C(=O)/C(=C\c2ccccc2)c2ccccc2)C[C@@H](C)O1. The summed E-state index contributed by atoms with van der Waals surface area (Å²) in [6, 6.07) is 19.8. The Hall–Kier alpha value is -2.39. The molecule has 1 aliphatic heterocycles. The molecule has 2 aromatic carbocycles. The van der Waals surface area contributed by atoms with Crippen molar-refractivity contribution in [3.8, 4) is 0 Å². The van der Waals surface area contributed by atoms with Gasteiger partial charge in [-0.2, -0.15) is 0 Å². The number of benzene rings is 2. The summed E-state index contributed by atoms with van der Waals surface area (Å²) in [4.78, 5) is 15.1. The summed E-state index contributed by atoms with van der Waals surface area (Å²) in [7, 11) is 0. The largest absolute Gasteiger partial charge is 0.372 e. The molecule has 0 N–H and O–H groups in total. The van der Waals surface area contributed by atoms with Crippen LogP contribution in [0.5, 0.6) is 0 Å². The number of nitrogens with zero attached hydrogens (tertiary/aromatic N) is 1. The van der Waals surface area contributed by atoms with Crippen LogP contribution >= 0.6 is 0 Å². The number of hydrogen-bond acceptors (Lipinski definition) is 2. The van der Waals surface area contributed by atoms with Crippen molar-refractivity contribution in [2.45, 2.75) is 26.1 Å². The Kier molecular flexibility index (Phi) is 5.11. The zero-order valence-electron chi connectivity index (χ0n) is 14.2. The van der Waals surface area contributed by atoms with Gasteiger partial charge in [-0.15, -0.1) is 0 Å². The van der Waals surface area contributed by atoms with E-state index in [9.17, 15) is 4.79 Å². The molecule has 0 bridgehead atoms. The van der Waals surface area contributed by atoms with E-state index in [0.717, 1.165) is 16.7 Å². The zero-order chi connectivity index (χ0) is 16.9. The van der Waals surface area contributed by atoms with E-state index < -0.39 is 0 Å². The van der Waals surface area contributed by atoms with Crippen molar-refractivity contribution in [2.75, 3.05) is 13.1 Å². The molecule has 0 saturated carbocycles. The second kappa shape index (κ2) is 7.45. The first-order valence-corrected chi connectivity index (χ1v) is 8.40. The van der Waals surface area contributed by atoms with Crippen LogP contribution in [0.2, 0.25) is 0 Å². The van der Waals surface area contributed by atoms with E-state index in [1.165, 1.54) is 0 Å². The van der Waals surface area contributed by atoms with Crippen LogP contribution in [-0.2, 0) is 9.53 Å². The summed E-state index contributed by atoms with van der Waals surface area (Å²) >= 11 is 0. The lowest BCUT2D eigenvalue weighted by molar-refractivity contribution is -0.136. The topological polar surface area (TPSA) is 29.5 Å². The van der Waals surface area contributed by atoms with Crippen molar-refractivity contribution < 1.29 is 9.53 Å². The van der Waals surface area contributed by atoms with Crippen molar-refractivity contribution in [3.63, 3.8) is 0 Å². The molecule has 2 aromatic rings. The van der Waals surface area contributed by atoms with Crippen molar-refractivity contribution in [3.05, 3.63) is 71.8 Å². The highest BCUT2D eigenvalue weighted by atomic mass is 16.5. The fraction of sp³-hybridized carbons (Fsp3) is 0.286. The van der Waals surface area contributed by atoms with E-state index in [-0.39, 0.29) is 18.1 Å². The molecule has 1 fully saturated rings. The minimum Gasteiger partial charge on any atom is -0.372 e. The van der Waals surface area contributed by atoms with Crippen LogP contribution in [-0.4, -0.2) is 36.1 Å². The first-order chi connectivity index (χ1) is 11.6. The van der Waals surface area contributed by atoms with Crippen LogP contribution in [0, 0.1) is 0 Å². The average Bonchev–Trinajstić information content (AvgIpc) is 2.60. The molecule has 0 aliphatic carbocycles. The van der Waals surface area contributed by atoms with E-state index in [1.807, 2.05) is 85.5 Å². The van der Waals surface area contributed by atoms with Crippen LogP contribution in [0.15, 0.2) is 60.7 Å². The molecule has 1 saturated heterocycles. The van der Waals surface area contributed by atoms with Gasteiger partial charge in [-0.1, -0.05) is 60.7 Å². The molecule has 0 unspecified atom stereocenters. The summed E-state index contributed by atoms with van der Waals surface area (Å²) in [5.41, 5.74) is 2.69. The van der Waals surface area contributed by atoms with Crippen LogP contribution in [0.25, 0.3) is 11.6 Å². The van der Waals surface area contributed by atoms with Gasteiger partial charge in [0.2, 0.25) is 0 Å². The Bertz CT molecular complexity index is 699. The number of amides is 1. The van der Waals surface area contributed by atoms with Crippen molar-refractivity contribution >= 4 is 17.6 Å². The number of ether oxygens (including phenoxy) is 1. The molecular weight excluding hydrogens is 298 g/mol. The predicted octanol–water partition coefficient (Wildman–Crippen LogP) is 3.86. The van der Waals surface area contributed by atoms with Gasteiger partial charge in [-0.05, 0) is 31.1 Å². The third kappa shape index (κ3) is 3.92. The minimum atomic E-state index is 0.0615. The molecule has 1 amide bonds. The normalized spacial score (nSPS) is 21.6. The van der Waals surface area contributed by atoms with Crippen LogP contribution in [0.4, 0.5) is 0 Å². The van der Waals surface area contributed by atoms with Gasteiger partial charge in [0.1, 0.15) is 0 Å². The molecule has 1 aliphatic rings. The quantitative estimate of drug-likeness (QED) is 0.634. The average molecular weight is 321 g/mol. The number of rotatable bonds is 3. The highest BCUT2D eigenvalue weighted by Gasteiger charge is 2.28. The van der Waals surface area contributed by atoms with Crippen molar-refractivity contribution in [1.82, 2.24) is 4.90 Å². The maximum Gasteiger partial charge on any atom is 0.254 e. The number of morpholine rings is 1. The fourth-order valence-corrected chi connectivity index (χ4v) is 3.12. The monoisotopic (exact) mass is 321 g/mol. The van der Waals surface area contributed by atoms with Crippen LogP contribution < -0.4 is 0 Å². The smallest absolute Gasteiger partial charge is 0.254 e. The Morgan fingerprint density at radius 1 is 0.958 bits per heavy atom. The summed E-state index contributed by atoms with van der Waals surface area (Å²) < 4.78 is 5.76. The second-order valence-corrected chi connectivity index (χ2v) is 6.30.